The molecule has 34 heavy (non-hydrogen) atoms. The van der Waals surface area contributed by atoms with Crippen LogP contribution in [-0.4, -0.2) is 45.6 Å². The Morgan fingerprint density at radius 1 is 1.21 bits per heavy atom. The first-order valence-electron chi connectivity index (χ1n) is 10.9. The summed E-state index contributed by atoms with van der Waals surface area (Å²) in [6.45, 7) is 3.16. The minimum atomic E-state index is -0.481. The molecule has 0 saturated carbocycles. The molecule has 1 aliphatic heterocycles. The molecule has 1 fully saturated rings. The fourth-order valence-electron chi connectivity index (χ4n) is 3.71. The van der Waals surface area contributed by atoms with Gasteiger partial charge in [0.2, 0.25) is 11.8 Å². The van der Waals surface area contributed by atoms with Gasteiger partial charge in [-0.05, 0) is 36.8 Å². The number of nitro groups is 1. The first-order valence-corrected chi connectivity index (χ1v) is 11.7. The van der Waals surface area contributed by atoms with Crippen LogP contribution in [0.5, 0.6) is 0 Å². The smallest absolute Gasteiger partial charge is 0.270 e. The van der Waals surface area contributed by atoms with E-state index in [4.69, 9.17) is 0 Å². The maximum Gasteiger partial charge on any atom is 0.270 e. The lowest BCUT2D eigenvalue weighted by Gasteiger charge is -2.16. The predicted molar refractivity (Wildman–Crippen MR) is 129 cm³/mol. The highest BCUT2D eigenvalue weighted by atomic mass is 32.1. The summed E-state index contributed by atoms with van der Waals surface area (Å²) >= 11 is 1.15. The number of likely N-dealkylation sites (tertiary alicyclic amines) is 1. The van der Waals surface area contributed by atoms with E-state index in [0.29, 0.717) is 39.7 Å². The molecule has 1 saturated heterocycles. The third kappa shape index (κ3) is 5.20. The number of thiazole rings is 1. The lowest BCUT2D eigenvalue weighted by Crippen LogP contribution is -2.29. The summed E-state index contributed by atoms with van der Waals surface area (Å²) in [6.07, 6.45) is 2.12. The Morgan fingerprint density at radius 3 is 2.68 bits per heavy atom. The van der Waals surface area contributed by atoms with E-state index < -0.39 is 4.92 Å². The fourth-order valence-corrected chi connectivity index (χ4v) is 4.61. The van der Waals surface area contributed by atoms with E-state index in [9.17, 15) is 24.5 Å². The van der Waals surface area contributed by atoms with E-state index in [0.717, 1.165) is 24.2 Å². The first kappa shape index (κ1) is 23.3. The fraction of sp³-hybridized carbons (Fsp3) is 0.304. The molecule has 0 aliphatic carbocycles. The van der Waals surface area contributed by atoms with Crippen LogP contribution in [-0.2, 0) is 9.59 Å². The van der Waals surface area contributed by atoms with Crippen molar-refractivity contribution in [2.24, 2.45) is 5.92 Å². The largest absolute Gasteiger partial charge is 0.342 e. The maximum atomic E-state index is 12.6. The minimum Gasteiger partial charge on any atom is -0.342 e. The summed E-state index contributed by atoms with van der Waals surface area (Å²) in [5.41, 5.74) is 1.42. The van der Waals surface area contributed by atoms with E-state index in [2.05, 4.69) is 22.5 Å². The Kier molecular flexibility index (Phi) is 6.82. The molecule has 0 radical (unpaired) electrons. The van der Waals surface area contributed by atoms with Crippen LogP contribution in [0.15, 0.2) is 42.5 Å². The molecular formula is C23H23N5O5S. The summed E-state index contributed by atoms with van der Waals surface area (Å²) in [5.74, 6) is -0.986. The molecule has 2 aromatic carbocycles. The lowest BCUT2D eigenvalue weighted by molar-refractivity contribution is -0.384. The monoisotopic (exact) mass is 481 g/mol. The zero-order valence-electron chi connectivity index (χ0n) is 18.4. The number of aromatic nitrogens is 1. The second kappa shape index (κ2) is 9.96. The van der Waals surface area contributed by atoms with Gasteiger partial charge in [-0.2, -0.15) is 0 Å². The van der Waals surface area contributed by atoms with Gasteiger partial charge in [0.05, 0.1) is 21.1 Å². The standard InChI is InChI=1S/C23H23N5O5S/c1-2-3-10-27-13-15(11-20(27)29)22(31)24-16-6-4-14(5-7-16)21(30)26-23-25-18-9-8-17(28(32)33)12-19(18)34-23/h4-9,12,15H,2-3,10-11,13H2,1H3,(H,24,31)(H,25,26,30). The van der Waals surface area contributed by atoms with E-state index in [1.165, 1.54) is 18.2 Å². The van der Waals surface area contributed by atoms with Crippen molar-refractivity contribution in [2.75, 3.05) is 23.7 Å². The molecule has 1 aliphatic rings. The molecule has 0 spiro atoms. The number of nitro benzene ring substituents is 1. The molecule has 10 nitrogen and oxygen atoms in total. The van der Waals surface area contributed by atoms with E-state index in [1.807, 2.05) is 0 Å². The van der Waals surface area contributed by atoms with Crippen LogP contribution < -0.4 is 10.6 Å². The van der Waals surface area contributed by atoms with Gasteiger partial charge in [0.25, 0.3) is 11.6 Å². The number of amides is 3. The van der Waals surface area contributed by atoms with Gasteiger partial charge >= 0.3 is 0 Å². The van der Waals surface area contributed by atoms with Gasteiger partial charge < -0.3 is 10.2 Å². The molecule has 0 bridgehead atoms. The van der Waals surface area contributed by atoms with E-state index in [-0.39, 0.29) is 35.7 Å². The lowest BCUT2D eigenvalue weighted by atomic mass is 10.1. The average Bonchev–Trinajstić information content (AvgIpc) is 3.39. The highest BCUT2D eigenvalue weighted by molar-refractivity contribution is 7.22. The van der Waals surface area contributed by atoms with Gasteiger partial charge in [-0.1, -0.05) is 24.7 Å². The maximum absolute atomic E-state index is 12.6. The number of benzene rings is 2. The molecule has 1 atom stereocenters. The number of anilines is 2. The highest BCUT2D eigenvalue weighted by Crippen LogP contribution is 2.29. The topological polar surface area (TPSA) is 135 Å². The Morgan fingerprint density at radius 2 is 1.97 bits per heavy atom. The number of unbranched alkanes of at least 4 members (excludes halogenated alkanes) is 1. The van der Waals surface area contributed by atoms with Crippen molar-refractivity contribution in [3.63, 3.8) is 0 Å². The second-order valence-corrected chi connectivity index (χ2v) is 9.07. The van der Waals surface area contributed by atoms with Crippen molar-refractivity contribution in [2.45, 2.75) is 26.2 Å². The normalized spacial score (nSPS) is 15.5. The molecule has 3 amide bonds. The molecule has 1 unspecified atom stereocenters. The van der Waals surface area contributed by atoms with Crippen LogP contribution in [0.4, 0.5) is 16.5 Å². The van der Waals surface area contributed by atoms with Crippen molar-refractivity contribution in [1.82, 2.24) is 9.88 Å². The molecule has 2 N–H and O–H groups in total. The summed E-state index contributed by atoms with van der Waals surface area (Å²) < 4.78 is 0.598. The Bertz CT molecular complexity index is 1260. The number of fused-ring (bicyclic) bond motifs is 1. The zero-order chi connectivity index (χ0) is 24.2. The number of carbonyl (C=O) groups is 3. The average molecular weight is 482 g/mol. The number of hydrogen-bond donors (Lipinski definition) is 2. The zero-order valence-corrected chi connectivity index (χ0v) is 19.3. The Hall–Kier alpha value is -3.86. The third-order valence-corrected chi connectivity index (χ3v) is 6.52. The highest BCUT2D eigenvalue weighted by Gasteiger charge is 2.33. The number of rotatable bonds is 8. The van der Waals surface area contributed by atoms with Crippen molar-refractivity contribution in [3.05, 3.63) is 58.1 Å². The molecular weight excluding hydrogens is 458 g/mol. The van der Waals surface area contributed by atoms with Gasteiger partial charge in [-0.25, -0.2) is 4.98 Å². The van der Waals surface area contributed by atoms with E-state index in [1.54, 1.807) is 29.2 Å². The molecule has 1 aromatic heterocycles. The van der Waals surface area contributed by atoms with Gasteiger partial charge in [0.1, 0.15) is 0 Å². The Labute approximate surface area is 199 Å². The van der Waals surface area contributed by atoms with Gasteiger partial charge in [0.15, 0.2) is 5.13 Å². The number of carbonyl (C=O) groups excluding carboxylic acids is 3. The van der Waals surface area contributed by atoms with Crippen LogP contribution in [0.2, 0.25) is 0 Å². The SMILES string of the molecule is CCCCN1CC(C(=O)Nc2ccc(C(=O)Nc3nc4ccc([N+](=O)[O-])cc4s3)cc2)CC1=O. The quantitative estimate of drug-likeness (QED) is 0.368. The van der Waals surface area contributed by atoms with Crippen LogP contribution in [0.25, 0.3) is 10.2 Å². The molecule has 3 aromatic rings. The number of non-ortho nitro benzene ring substituents is 1. The number of nitrogens with zero attached hydrogens (tertiary/aromatic N) is 3. The van der Waals surface area contributed by atoms with Gasteiger partial charge in [-0.15, -0.1) is 0 Å². The van der Waals surface area contributed by atoms with Gasteiger partial charge in [-0.3, -0.25) is 29.8 Å². The summed E-state index contributed by atoms with van der Waals surface area (Å²) in [6, 6.07) is 10.7. The van der Waals surface area contributed by atoms with Gasteiger partial charge in [0, 0.05) is 42.9 Å². The predicted octanol–water partition coefficient (Wildman–Crippen LogP) is 4.04. The minimum absolute atomic E-state index is 0.00470. The van der Waals surface area contributed by atoms with E-state index >= 15 is 0 Å². The third-order valence-electron chi connectivity index (χ3n) is 5.58. The summed E-state index contributed by atoms with van der Waals surface area (Å²) in [7, 11) is 0. The molecule has 4 rings (SSSR count). The Balaban J connectivity index is 1.35. The van der Waals surface area contributed by atoms with Crippen molar-refractivity contribution in [1.29, 1.82) is 0 Å². The van der Waals surface area contributed by atoms with Crippen molar-refractivity contribution >= 4 is 55.8 Å². The molecule has 176 valence electrons. The molecule has 2 heterocycles. The number of hydrogen-bond acceptors (Lipinski definition) is 7. The molecule has 11 heteroatoms. The van der Waals surface area contributed by atoms with Crippen LogP contribution in [0.1, 0.15) is 36.5 Å². The summed E-state index contributed by atoms with van der Waals surface area (Å²) in [4.78, 5) is 53.7. The van der Waals surface area contributed by atoms with Crippen molar-refractivity contribution < 1.29 is 19.3 Å². The summed E-state index contributed by atoms with van der Waals surface area (Å²) in [5, 5.41) is 16.8. The number of nitrogens with one attached hydrogen (secondary N) is 2. The van der Waals surface area contributed by atoms with Crippen LogP contribution in [0, 0.1) is 16.0 Å². The van der Waals surface area contributed by atoms with Crippen LogP contribution >= 0.6 is 11.3 Å². The van der Waals surface area contributed by atoms with Crippen LogP contribution in [0.3, 0.4) is 0 Å². The second-order valence-electron chi connectivity index (χ2n) is 8.04. The van der Waals surface area contributed by atoms with Crippen molar-refractivity contribution in [3.8, 4) is 0 Å². The first-order chi connectivity index (χ1) is 16.3.